The van der Waals surface area contributed by atoms with Crippen molar-refractivity contribution in [1.29, 1.82) is 0 Å². The van der Waals surface area contributed by atoms with Crippen molar-refractivity contribution in [2.75, 3.05) is 4.72 Å². The summed E-state index contributed by atoms with van der Waals surface area (Å²) < 4.78 is 27.5. The Balaban J connectivity index is 2.09. The molecule has 9 heteroatoms. The van der Waals surface area contributed by atoms with Gasteiger partial charge in [-0.3, -0.25) is 14.8 Å². The van der Waals surface area contributed by atoms with Gasteiger partial charge in [0.2, 0.25) is 0 Å². The van der Waals surface area contributed by atoms with Gasteiger partial charge in [-0.2, -0.15) is 0 Å². The lowest BCUT2D eigenvalue weighted by molar-refractivity contribution is -0.387. The van der Waals surface area contributed by atoms with Crippen LogP contribution in [0.5, 0.6) is 0 Å². The van der Waals surface area contributed by atoms with Gasteiger partial charge in [0, 0.05) is 6.07 Å². The molecule has 0 aliphatic heterocycles. The number of carboxylic acid groups (broad SMARTS) is 1. The monoisotopic (exact) mass is 376 g/mol. The zero-order valence-corrected chi connectivity index (χ0v) is 14.5. The molecule has 0 aromatic heterocycles. The number of nitrogens with zero attached hydrogens (tertiary/aromatic N) is 1. The Hall–Kier alpha value is -2.94. The van der Waals surface area contributed by atoms with Crippen LogP contribution in [0.25, 0.3) is 0 Å². The number of anilines is 1. The highest BCUT2D eigenvalue weighted by Gasteiger charge is 2.28. The van der Waals surface area contributed by atoms with E-state index in [4.69, 9.17) is 0 Å². The Morgan fingerprint density at radius 1 is 1.12 bits per heavy atom. The van der Waals surface area contributed by atoms with Crippen LogP contribution in [0.4, 0.5) is 11.4 Å². The SMILES string of the molecule is O=C(O)c1c(NS(=O)(=O)c2ccccc2[N+](=O)[O-])ccc2c1CCCC2. The Kier molecular flexibility index (Phi) is 4.64. The molecule has 0 spiro atoms. The number of rotatable bonds is 5. The van der Waals surface area contributed by atoms with Crippen LogP contribution in [-0.2, 0) is 22.9 Å². The van der Waals surface area contributed by atoms with Gasteiger partial charge in [-0.1, -0.05) is 18.2 Å². The summed E-state index contributed by atoms with van der Waals surface area (Å²) in [7, 11) is -4.33. The zero-order chi connectivity index (χ0) is 18.9. The van der Waals surface area contributed by atoms with E-state index in [0.29, 0.717) is 12.0 Å². The Bertz CT molecular complexity index is 1000. The average molecular weight is 376 g/mol. The van der Waals surface area contributed by atoms with Gasteiger partial charge >= 0.3 is 5.97 Å². The molecule has 136 valence electrons. The van der Waals surface area contributed by atoms with Crippen LogP contribution in [0.3, 0.4) is 0 Å². The van der Waals surface area contributed by atoms with Crippen molar-refractivity contribution in [3.05, 3.63) is 63.2 Å². The molecule has 0 atom stereocenters. The van der Waals surface area contributed by atoms with Crippen LogP contribution in [0.1, 0.15) is 34.3 Å². The molecular weight excluding hydrogens is 360 g/mol. The predicted octanol–water partition coefficient (Wildman–Crippen LogP) is 2.97. The van der Waals surface area contributed by atoms with Gasteiger partial charge in [-0.15, -0.1) is 0 Å². The van der Waals surface area contributed by atoms with E-state index in [1.807, 2.05) is 0 Å². The molecule has 0 saturated heterocycles. The van der Waals surface area contributed by atoms with Crippen LogP contribution in [0.2, 0.25) is 0 Å². The summed E-state index contributed by atoms with van der Waals surface area (Å²) in [6, 6.07) is 8.03. The number of benzene rings is 2. The second kappa shape index (κ2) is 6.75. The molecule has 26 heavy (non-hydrogen) atoms. The Morgan fingerprint density at radius 2 is 1.81 bits per heavy atom. The molecule has 3 rings (SSSR count). The number of aromatic carboxylic acids is 1. The first-order valence-electron chi connectivity index (χ1n) is 7.95. The van der Waals surface area contributed by atoms with Crippen molar-refractivity contribution < 1.29 is 23.2 Å². The molecule has 2 N–H and O–H groups in total. The standard InChI is InChI=1S/C17H16N2O6S/c20-17(21)16-12-6-2-1-5-11(12)9-10-13(16)18-26(24,25)15-8-4-3-7-14(15)19(22)23/h3-4,7-10,18H,1-2,5-6H2,(H,20,21). The summed E-state index contributed by atoms with van der Waals surface area (Å²) in [5.41, 5.74) is 0.754. The minimum absolute atomic E-state index is 0.0868. The lowest BCUT2D eigenvalue weighted by Gasteiger charge is -2.20. The van der Waals surface area contributed by atoms with Crippen molar-refractivity contribution in [2.24, 2.45) is 0 Å². The highest BCUT2D eigenvalue weighted by atomic mass is 32.2. The van der Waals surface area contributed by atoms with E-state index >= 15 is 0 Å². The number of nitro groups is 1. The van der Waals surface area contributed by atoms with E-state index in [2.05, 4.69) is 4.72 Å². The Morgan fingerprint density at radius 3 is 2.50 bits per heavy atom. The Labute approximate surface area is 149 Å². The first-order chi connectivity index (χ1) is 12.3. The van der Waals surface area contributed by atoms with Crippen molar-refractivity contribution >= 4 is 27.4 Å². The highest BCUT2D eigenvalue weighted by Crippen LogP contribution is 2.32. The molecule has 2 aromatic carbocycles. The smallest absolute Gasteiger partial charge is 0.338 e. The predicted molar refractivity (Wildman–Crippen MR) is 93.9 cm³/mol. The van der Waals surface area contributed by atoms with Crippen molar-refractivity contribution in [3.8, 4) is 0 Å². The average Bonchev–Trinajstić information content (AvgIpc) is 2.60. The van der Waals surface area contributed by atoms with Gasteiger partial charge in [0.25, 0.3) is 15.7 Å². The number of nitro benzene ring substituents is 1. The van der Waals surface area contributed by atoms with E-state index in [1.54, 1.807) is 6.07 Å². The van der Waals surface area contributed by atoms with Gasteiger partial charge in [-0.05, 0) is 48.9 Å². The molecular formula is C17H16N2O6S. The fourth-order valence-corrected chi connectivity index (χ4v) is 4.44. The van der Waals surface area contributed by atoms with E-state index in [1.165, 1.54) is 18.2 Å². The number of sulfonamides is 1. The largest absolute Gasteiger partial charge is 0.478 e. The molecule has 0 bridgehead atoms. The molecule has 0 fully saturated rings. The number of para-hydroxylation sites is 1. The van der Waals surface area contributed by atoms with Crippen molar-refractivity contribution in [3.63, 3.8) is 0 Å². The molecule has 8 nitrogen and oxygen atoms in total. The first kappa shape index (κ1) is 17.9. The van der Waals surface area contributed by atoms with Crippen molar-refractivity contribution in [1.82, 2.24) is 0 Å². The normalized spacial score (nSPS) is 13.7. The third kappa shape index (κ3) is 3.25. The third-order valence-electron chi connectivity index (χ3n) is 4.34. The molecule has 0 heterocycles. The van der Waals surface area contributed by atoms with Gasteiger partial charge in [0.15, 0.2) is 4.90 Å². The lowest BCUT2D eigenvalue weighted by Crippen LogP contribution is -2.19. The summed E-state index contributed by atoms with van der Waals surface area (Å²) >= 11 is 0. The van der Waals surface area contributed by atoms with Gasteiger partial charge < -0.3 is 5.11 Å². The summed E-state index contributed by atoms with van der Waals surface area (Å²) in [5.74, 6) is -1.23. The van der Waals surface area contributed by atoms with Gasteiger partial charge in [0.1, 0.15) is 0 Å². The van der Waals surface area contributed by atoms with Crippen LogP contribution in [0.15, 0.2) is 41.3 Å². The fraction of sp³-hybridized carbons (Fsp3) is 0.235. The third-order valence-corrected chi connectivity index (χ3v) is 5.76. The van der Waals surface area contributed by atoms with E-state index in [-0.39, 0.29) is 11.3 Å². The number of nitrogens with one attached hydrogen (secondary N) is 1. The maximum absolute atomic E-state index is 12.7. The van der Waals surface area contributed by atoms with E-state index in [0.717, 1.165) is 37.0 Å². The lowest BCUT2D eigenvalue weighted by atomic mass is 9.87. The van der Waals surface area contributed by atoms with E-state index < -0.39 is 31.5 Å². The number of hydrogen-bond acceptors (Lipinski definition) is 5. The van der Waals surface area contributed by atoms with Crippen molar-refractivity contribution in [2.45, 2.75) is 30.6 Å². The molecule has 1 aliphatic rings. The number of aryl methyl sites for hydroxylation is 1. The summed E-state index contributed by atoms with van der Waals surface area (Å²) in [4.78, 5) is 21.5. The summed E-state index contributed by atoms with van der Waals surface area (Å²) in [6.07, 6.45) is 3.08. The zero-order valence-electron chi connectivity index (χ0n) is 13.6. The second-order valence-corrected chi connectivity index (χ2v) is 7.62. The number of carbonyl (C=O) groups is 1. The number of hydrogen-bond donors (Lipinski definition) is 2. The van der Waals surface area contributed by atoms with Crippen LogP contribution in [-0.4, -0.2) is 24.4 Å². The van der Waals surface area contributed by atoms with Gasteiger partial charge in [0.05, 0.1) is 16.2 Å². The topological polar surface area (TPSA) is 127 Å². The number of fused-ring (bicyclic) bond motifs is 1. The molecule has 0 saturated carbocycles. The van der Waals surface area contributed by atoms with Crippen LogP contribution >= 0.6 is 0 Å². The minimum atomic E-state index is -4.33. The minimum Gasteiger partial charge on any atom is -0.478 e. The van der Waals surface area contributed by atoms with Gasteiger partial charge in [-0.25, -0.2) is 13.2 Å². The fourth-order valence-electron chi connectivity index (χ4n) is 3.19. The summed E-state index contributed by atoms with van der Waals surface area (Å²) in [5, 5.41) is 20.7. The summed E-state index contributed by atoms with van der Waals surface area (Å²) in [6.45, 7) is 0. The molecule has 0 amide bonds. The number of carboxylic acids is 1. The quantitative estimate of drug-likeness (QED) is 0.610. The first-order valence-corrected chi connectivity index (χ1v) is 9.44. The van der Waals surface area contributed by atoms with Crippen LogP contribution in [0, 0.1) is 10.1 Å². The second-order valence-electron chi connectivity index (χ2n) is 5.97. The van der Waals surface area contributed by atoms with Crippen LogP contribution < -0.4 is 4.72 Å². The molecule has 0 unspecified atom stereocenters. The molecule has 0 radical (unpaired) electrons. The maximum Gasteiger partial charge on any atom is 0.338 e. The highest BCUT2D eigenvalue weighted by molar-refractivity contribution is 7.92. The maximum atomic E-state index is 12.7. The molecule has 2 aromatic rings. The molecule has 1 aliphatic carbocycles. The van der Waals surface area contributed by atoms with E-state index in [9.17, 15) is 28.4 Å².